The van der Waals surface area contributed by atoms with Crippen molar-refractivity contribution in [1.82, 2.24) is 9.55 Å². The second-order valence-corrected chi connectivity index (χ2v) is 9.60. The van der Waals surface area contributed by atoms with E-state index in [0.717, 1.165) is 36.1 Å². The molecule has 0 saturated heterocycles. The van der Waals surface area contributed by atoms with Gasteiger partial charge in [0.25, 0.3) is 5.56 Å². The highest BCUT2D eigenvalue weighted by atomic mass is 32.1. The number of aryl methyl sites for hydroxylation is 2. The molecule has 2 heterocycles. The van der Waals surface area contributed by atoms with E-state index in [1.165, 1.54) is 9.44 Å². The third-order valence-electron chi connectivity index (χ3n) is 5.69. The first kappa shape index (κ1) is 19.1. The molecule has 5 nitrogen and oxygen atoms in total. The van der Waals surface area contributed by atoms with Gasteiger partial charge in [0.1, 0.15) is 16.7 Å². The third-order valence-corrected chi connectivity index (χ3v) is 6.83. The van der Waals surface area contributed by atoms with E-state index in [1.54, 1.807) is 18.3 Å². The number of hydrogen-bond donors (Lipinski definition) is 1. The van der Waals surface area contributed by atoms with Gasteiger partial charge in [0, 0.05) is 11.3 Å². The standard InChI is InChI=1S/C20H29N3O2S/c1-6-7-15-22-18-16(19(25)23(15)11(2)17(21)24)13-9-8-12(20(3,4)5)10-14(13)26-18/h11-12H,6-10H2,1-5H3,(H2,21,24). The molecule has 0 aliphatic heterocycles. The number of nitrogens with two attached hydrogens (primary N) is 1. The molecule has 0 radical (unpaired) electrons. The summed E-state index contributed by atoms with van der Waals surface area (Å²) in [6.45, 7) is 10.6. The molecule has 1 amide bonds. The van der Waals surface area contributed by atoms with E-state index in [-0.39, 0.29) is 11.0 Å². The summed E-state index contributed by atoms with van der Waals surface area (Å²) < 4.78 is 1.52. The molecule has 0 spiro atoms. The van der Waals surface area contributed by atoms with Gasteiger partial charge in [0.05, 0.1) is 5.39 Å². The van der Waals surface area contributed by atoms with Crippen molar-refractivity contribution >= 4 is 27.5 Å². The maximum atomic E-state index is 13.3. The van der Waals surface area contributed by atoms with Gasteiger partial charge in [-0.2, -0.15) is 0 Å². The molecule has 0 bridgehead atoms. The minimum Gasteiger partial charge on any atom is -0.368 e. The first-order chi connectivity index (χ1) is 12.1. The first-order valence-electron chi connectivity index (χ1n) is 9.50. The molecule has 2 N–H and O–H groups in total. The summed E-state index contributed by atoms with van der Waals surface area (Å²) in [6, 6.07) is -0.678. The molecule has 26 heavy (non-hydrogen) atoms. The second kappa shape index (κ2) is 6.80. The van der Waals surface area contributed by atoms with Crippen molar-refractivity contribution in [2.75, 3.05) is 0 Å². The lowest BCUT2D eigenvalue weighted by Crippen LogP contribution is -2.35. The van der Waals surface area contributed by atoms with Crippen molar-refractivity contribution in [3.8, 4) is 0 Å². The molecule has 1 aliphatic rings. The number of nitrogens with zero attached hydrogens (tertiary/aromatic N) is 2. The van der Waals surface area contributed by atoms with Crippen molar-refractivity contribution in [3.05, 3.63) is 26.6 Å². The SMILES string of the molecule is CCCc1nc2sc3c(c2c(=O)n1C(C)C(N)=O)CCC(C(C)(C)C)C3. The molecule has 0 saturated carbocycles. The fourth-order valence-electron chi connectivity index (χ4n) is 3.95. The summed E-state index contributed by atoms with van der Waals surface area (Å²) in [4.78, 5) is 32.0. The Kier molecular flexibility index (Phi) is 4.99. The number of fused-ring (bicyclic) bond motifs is 3. The number of carbonyl (C=O) groups is 1. The molecule has 1 aliphatic carbocycles. The number of carbonyl (C=O) groups excluding carboxylic acids is 1. The lowest BCUT2D eigenvalue weighted by molar-refractivity contribution is -0.120. The number of primary amides is 1. The lowest BCUT2D eigenvalue weighted by Gasteiger charge is -2.33. The Labute approximate surface area is 158 Å². The molecule has 0 aromatic carbocycles. The molecule has 2 atom stereocenters. The predicted octanol–water partition coefficient (Wildman–Crippen LogP) is 3.61. The molecular formula is C20H29N3O2S. The van der Waals surface area contributed by atoms with Gasteiger partial charge in [-0.05, 0) is 49.5 Å². The Hall–Kier alpha value is -1.69. The van der Waals surface area contributed by atoms with Crippen LogP contribution in [0.3, 0.4) is 0 Å². The van der Waals surface area contributed by atoms with Gasteiger partial charge >= 0.3 is 0 Å². The van der Waals surface area contributed by atoms with Crippen LogP contribution in [0.2, 0.25) is 0 Å². The lowest BCUT2D eigenvalue weighted by atomic mass is 9.72. The Bertz CT molecular complexity index is 904. The number of hydrogen-bond acceptors (Lipinski definition) is 4. The topological polar surface area (TPSA) is 78.0 Å². The van der Waals surface area contributed by atoms with Crippen molar-refractivity contribution in [2.24, 2.45) is 17.1 Å². The van der Waals surface area contributed by atoms with E-state index >= 15 is 0 Å². The quantitative estimate of drug-likeness (QED) is 0.887. The number of aromatic nitrogens is 2. The zero-order chi connectivity index (χ0) is 19.2. The molecule has 2 aromatic rings. The van der Waals surface area contributed by atoms with E-state index in [9.17, 15) is 9.59 Å². The molecule has 3 rings (SSSR count). The smallest absolute Gasteiger partial charge is 0.263 e. The average Bonchev–Trinajstić information content (AvgIpc) is 2.91. The van der Waals surface area contributed by atoms with Gasteiger partial charge in [-0.3, -0.25) is 14.2 Å². The van der Waals surface area contributed by atoms with Gasteiger partial charge in [0.15, 0.2) is 0 Å². The minimum atomic E-state index is -0.678. The number of thiophene rings is 1. The zero-order valence-electron chi connectivity index (χ0n) is 16.4. The van der Waals surface area contributed by atoms with Crippen LogP contribution in [0.5, 0.6) is 0 Å². The molecular weight excluding hydrogens is 346 g/mol. The highest BCUT2D eigenvalue weighted by Gasteiger charge is 2.32. The average molecular weight is 376 g/mol. The highest BCUT2D eigenvalue weighted by Crippen LogP contribution is 2.42. The van der Waals surface area contributed by atoms with Crippen LogP contribution in [0.25, 0.3) is 10.2 Å². The van der Waals surface area contributed by atoms with Gasteiger partial charge in [0.2, 0.25) is 5.91 Å². The molecule has 142 valence electrons. The first-order valence-corrected chi connectivity index (χ1v) is 10.3. The van der Waals surface area contributed by atoms with Crippen LogP contribution >= 0.6 is 11.3 Å². The maximum absolute atomic E-state index is 13.3. The van der Waals surface area contributed by atoms with Crippen LogP contribution in [-0.2, 0) is 24.1 Å². The molecule has 6 heteroatoms. The van der Waals surface area contributed by atoms with E-state index in [2.05, 4.69) is 20.8 Å². The van der Waals surface area contributed by atoms with Gasteiger partial charge < -0.3 is 5.73 Å². The van der Waals surface area contributed by atoms with Crippen LogP contribution in [0.1, 0.15) is 69.8 Å². The number of amides is 1. The van der Waals surface area contributed by atoms with Gasteiger partial charge in [-0.25, -0.2) is 4.98 Å². The Balaban J connectivity index is 2.20. The summed E-state index contributed by atoms with van der Waals surface area (Å²) in [6.07, 6.45) is 4.53. The Morgan fingerprint density at radius 2 is 2.12 bits per heavy atom. The summed E-state index contributed by atoms with van der Waals surface area (Å²) in [5, 5.41) is 0.713. The van der Waals surface area contributed by atoms with Crippen molar-refractivity contribution < 1.29 is 4.79 Å². The minimum absolute atomic E-state index is 0.101. The maximum Gasteiger partial charge on any atom is 0.263 e. The zero-order valence-corrected chi connectivity index (χ0v) is 17.2. The van der Waals surface area contributed by atoms with E-state index in [0.29, 0.717) is 23.5 Å². The van der Waals surface area contributed by atoms with Crippen LogP contribution < -0.4 is 11.3 Å². The van der Waals surface area contributed by atoms with Crippen LogP contribution in [0.4, 0.5) is 0 Å². The number of rotatable bonds is 4. The summed E-state index contributed by atoms with van der Waals surface area (Å²) in [5.74, 6) is 0.787. The molecule has 2 unspecified atom stereocenters. The fourth-order valence-corrected chi connectivity index (χ4v) is 5.25. The van der Waals surface area contributed by atoms with Crippen molar-refractivity contribution in [2.45, 2.75) is 72.8 Å². The second-order valence-electron chi connectivity index (χ2n) is 8.52. The van der Waals surface area contributed by atoms with Crippen LogP contribution in [-0.4, -0.2) is 15.5 Å². The largest absolute Gasteiger partial charge is 0.368 e. The fraction of sp³-hybridized carbons (Fsp3) is 0.650. The van der Waals surface area contributed by atoms with Gasteiger partial charge in [-0.1, -0.05) is 27.7 Å². The van der Waals surface area contributed by atoms with Crippen molar-refractivity contribution in [1.29, 1.82) is 0 Å². The van der Waals surface area contributed by atoms with E-state index < -0.39 is 11.9 Å². The van der Waals surface area contributed by atoms with Crippen LogP contribution in [0, 0.1) is 11.3 Å². The van der Waals surface area contributed by atoms with Crippen LogP contribution in [0.15, 0.2) is 4.79 Å². The van der Waals surface area contributed by atoms with E-state index in [4.69, 9.17) is 10.7 Å². The van der Waals surface area contributed by atoms with Crippen molar-refractivity contribution in [3.63, 3.8) is 0 Å². The molecule has 2 aromatic heterocycles. The Morgan fingerprint density at radius 3 is 2.69 bits per heavy atom. The summed E-state index contributed by atoms with van der Waals surface area (Å²) in [5.41, 5.74) is 6.81. The monoisotopic (exact) mass is 375 g/mol. The van der Waals surface area contributed by atoms with Gasteiger partial charge in [-0.15, -0.1) is 11.3 Å². The highest BCUT2D eigenvalue weighted by molar-refractivity contribution is 7.18. The summed E-state index contributed by atoms with van der Waals surface area (Å²) in [7, 11) is 0. The normalized spacial score (nSPS) is 18.7. The Morgan fingerprint density at radius 1 is 1.42 bits per heavy atom. The third kappa shape index (κ3) is 3.20. The molecule has 0 fully saturated rings. The van der Waals surface area contributed by atoms with E-state index in [1.807, 2.05) is 6.92 Å². The summed E-state index contributed by atoms with van der Waals surface area (Å²) >= 11 is 1.66. The predicted molar refractivity (Wildman–Crippen MR) is 107 cm³/mol.